The molecule has 2 heterocycles. The van der Waals surface area contributed by atoms with Gasteiger partial charge >= 0.3 is 0 Å². The van der Waals surface area contributed by atoms with Gasteiger partial charge in [0.25, 0.3) is 0 Å². The highest BCUT2D eigenvalue weighted by atomic mass is 16.5. The van der Waals surface area contributed by atoms with Crippen molar-refractivity contribution >= 4 is 5.91 Å². The van der Waals surface area contributed by atoms with Crippen LogP contribution < -0.4 is 10.1 Å². The van der Waals surface area contributed by atoms with Crippen LogP contribution in [0.4, 0.5) is 0 Å². The average Bonchev–Trinajstić information content (AvgIpc) is 2.88. The van der Waals surface area contributed by atoms with Crippen LogP contribution >= 0.6 is 0 Å². The number of hydrogen-bond donors (Lipinski definition) is 1. The van der Waals surface area contributed by atoms with Gasteiger partial charge in [0, 0.05) is 26.7 Å². The molecular weight excluding hydrogens is 292 g/mol. The van der Waals surface area contributed by atoms with Crippen molar-refractivity contribution in [2.75, 3.05) is 20.2 Å². The Bertz CT molecular complexity index is 533. The smallest absolute Gasteiger partial charge is 0.239 e. The van der Waals surface area contributed by atoms with Crippen LogP contribution in [0.2, 0.25) is 0 Å². The lowest BCUT2D eigenvalue weighted by atomic mass is 10.1. The van der Waals surface area contributed by atoms with Crippen LogP contribution in [0.1, 0.15) is 57.2 Å². The standard InChI is InChI=1S/C17H30N4O2/c1-12(2)15-14(17(23-5)20(4)19-15)11-18-13(3)16(22)21-9-7-6-8-10-21/h12-13,18H,6-11H2,1-5H3. The van der Waals surface area contributed by atoms with E-state index in [1.54, 1.807) is 11.8 Å². The summed E-state index contributed by atoms with van der Waals surface area (Å²) in [5.41, 5.74) is 2.07. The second kappa shape index (κ2) is 7.81. The van der Waals surface area contributed by atoms with Crippen molar-refractivity contribution in [2.24, 2.45) is 7.05 Å². The van der Waals surface area contributed by atoms with Gasteiger partial charge in [-0.05, 0) is 32.1 Å². The van der Waals surface area contributed by atoms with Crippen LogP contribution in [0.3, 0.4) is 0 Å². The third-order valence-electron chi connectivity index (χ3n) is 4.48. The molecule has 1 amide bonds. The van der Waals surface area contributed by atoms with Crippen molar-refractivity contribution in [2.45, 2.75) is 58.5 Å². The first-order chi connectivity index (χ1) is 11.0. The summed E-state index contributed by atoms with van der Waals surface area (Å²) in [6.45, 7) is 8.54. The molecule has 1 aromatic heterocycles. The van der Waals surface area contributed by atoms with Gasteiger partial charge in [0.05, 0.1) is 24.4 Å². The summed E-state index contributed by atoms with van der Waals surface area (Å²) in [6.07, 6.45) is 3.47. The molecule has 0 saturated carbocycles. The van der Waals surface area contributed by atoms with Gasteiger partial charge in [-0.3, -0.25) is 4.79 Å². The highest BCUT2D eigenvalue weighted by Crippen LogP contribution is 2.27. The maximum atomic E-state index is 12.5. The third-order valence-corrected chi connectivity index (χ3v) is 4.48. The molecule has 1 unspecified atom stereocenters. The predicted octanol–water partition coefficient (Wildman–Crippen LogP) is 2.04. The maximum absolute atomic E-state index is 12.5. The van der Waals surface area contributed by atoms with Crippen LogP contribution in [-0.4, -0.2) is 46.8 Å². The number of ether oxygens (including phenoxy) is 1. The number of carbonyl (C=O) groups excluding carboxylic acids is 1. The van der Waals surface area contributed by atoms with Crippen LogP contribution in [0.5, 0.6) is 5.88 Å². The topological polar surface area (TPSA) is 59.4 Å². The Hall–Kier alpha value is -1.56. The number of piperidine rings is 1. The van der Waals surface area contributed by atoms with E-state index >= 15 is 0 Å². The Morgan fingerprint density at radius 2 is 1.91 bits per heavy atom. The van der Waals surface area contributed by atoms with Crippen molar-refractivity contribution in [3.8, 4) is 5.88 Å². The predicted molar refractivity (Wildman–Crippen MR) is 90.6 cm³/mol. The molecule has 0 bridgehead atoms. The van der Waals surface area contributed by atoms with Gasteiger partial charge in [-0.1, -0.05) is 13.8 Å². The first-order valence-corrected chi connectivity index (χ1v) is 8.57. The zero-order valence-electron chi connectivity index (χ0n) is 15.1. The largest absolute Gasteiger partial charge is 0.481 e. The molecule has 0 radical (unpaired) electrons. The lowest BCUT2D eigenvalue weighted by Gasteiger charge is -2.29. The van der Waals surface area contributed by atoms with Gasteiger partial charge in [-0.2, -0.15) is 5.10 Å². The highest BCUT2D eigenvalue weighted by molar-refractivity contribution is 5.81. The van der Waals surface area contributed by atoms with Gasteiger partial charge in [-0.25, -0.2) is 4.68 Å². The minimum Gasteiger partial charge on any atom is -0.481 e. The first kappa shape index (κ1) is 17.8. The molecule has 0 spiro atoms. The van der Waals surface area contributed by atoms with E-state index in [0.29, 0.717) is 12.5 Å². The molecule has 1 aromatic rings. The molecule has 1 fully saturated rings. The zero-order chi connectivity index (χ0) is 17.0. The molecule has 130 valence electrons. The van der Waals surface area contributed by atoms with Crippen molar-refractivity contribution in [1.82, 2.24) is 20.0 Å². The molecule has 1 aliphatic rings. The van der Waals surface area contributed by atoms with Gasteiger partial charge < -0.3 is 15.0 Å². The van der Waals surface area contributed by atoms with E-state index in [0.717, 1.165) is 43.1 Å². The van der Waals surface area contributed by atoms with Gasteiger partial charge in [0.1, 0.15) is 0 Å². The van der Waals surface area contributed by atoms with Crippen molar-refractivity contribution in [3.63, 3.8) is 0 Å². The number of hydrogen-bond acceptors (Lipinski definition) is 4. The molecule has 1 aliphatic heterocycles. The summed E-state index contributed by atoms with van der Waals surface area (Å²) in [5.74, 6) is 1.27. The summed E-state index contributed by atoms with van der Waals surface area (Å²) >= 11 is 0. The number of aromatic nitrogens is 2. The SMILES string of the molecule is COc1c(CNC(C)C(=O)N2CCCCC2)c(C(C)C)nn1C. The number of nitrogens with one attached hydrogen (secondary N) is 1. The number of nitrogens with zero attached hydrogens (tertiary/aromatic N) is 3. The number of methoxy groups -OCH3 is 1. The molecule has 1 atom stereocenters. The minimum absolute atomic E-state index is 0.193. The number of likely N-dealkylation sites (tertiary alicyclic amines) is 1. The van der Waals surface area contributed by atoms with Crippen molar-refractivity contribution in [1.29, 1.82) is 0 Å². The average molecular weight is 322 g/mol. The fourth-order valence-corrected chi connectivity index (χ4v) is 3.19. The minimum atomic E-state index is -0.196. The van der Waals surface area contributed by atoms with E-state index in [9.17, 15) is 4.79 Å². The Labute approximate surface area is 139 Å². The van der Waals surface area contributed by atoms with Crippen LogP contribution in [-0.2, 0) is 18.4 Å². The van der Waals surface area contributed by atoms with Gasteiger partial charge in [0.15, 0.2) is 0 Å². The van der Waals surface area contributed by atoms with E-state index in [1.165, 1.54) is 6.42 Å². The molecule has 6 nitrogen and oxygen atoms in total. The van der Waals surface area contributed by atoms with Crippen molar-refractivity contribution in [3.05, 3.63) is 11.3 Å². The molecule has 23 heavy (non-hydrogen) atoms. The monoisotopic (exact) mass is 322 g/mol. The second-order valence-electron chi connectivity index (χ2n) is 6.64. The van der Waals surface area contributed by atoms with Crippen molar-refractivity contribution < 1.29 is 9.53 Å². The number of rotatable bonds is 6. The Morgan fingerprint density at radius 3 is 2.48 bits per heavy atom. The molecule has 1 N–H and O–H groups in total. The lowest BCUT2D eigenvalue weighted by molar-refractivity contribution is -0.133. The molecule has 1 saturated heterocycles. The molecule has 6 heteroatoms. The van der Waals surface area contributed by atoms with E-state index < -0.39 is 0 Å². The van der Waals surface area contributed by atoms with E-state index in [-0.39, 0.29) is 11.9 Å². The van der Waals surface area contributed by atoms with Crippen LogP contribution in [0, 0.1) is 0 Å². The zero-order valence-corrected chi connectivity index (χ0v) is 15.1. The Morgan fingerprint density at radius 1 is 1.26 bits per heavy atom. The first-order valence-electron chi connectivity index (χ1n) is 8.57. The van der Waals surface area contributed by atoms with E-state index in [1.807, 2.05) is 18.9 Å². The summed E-state index contributed by atoms with van der Waals surface area (Å²) in [4.78, 5) is 14.5. The quantitative estimate of drug-likeness (QED) is 0.871. The van der Waals surface area contributed by atoms with Crippen LogP contribution in [0.15, 0.2) is 0 Å². The maximum Gasteiger partial charge on any atom is 0.239 e. The molecule has 0 aromatic carbocycles. The Kier molecular flexibility index (Phi) is 6.04. The summed E-state index contributed by atoms with van der Waals surface area (Å²) in [6, 6.07) is -0.196. The Balaban J connectivity index is 2.03. The molecule has 2 rings (SSSR count). The summed E-state index contributed by atoms with van der Waals surface area (Å²) in [5, 5.41) is 7.90. The fourth-order valence-electron chi connectivity index (χ4n) is 3.19. The third kappa shape index (κ3) is 4.05. The van der Waals surface area contributed by atoms with Gasteiger partial charge in [-0.15, -0.1) is 0 Å². The second-order valence-corrected chi connectivity index (χ2v) is 6.64. The molecule has 0 aliphatic carbocycles. The fraction of sp³-hybridized carbons (Fsp3) is 0.765. The van der Waals surface area contributed by atoms with E-state index in [4.69, 9.17) is 4.74 Å². The molecular formula is C17H30N4O2. The van der Waals surface area contributed by atoms with Crippen LogP contribution in [0.25, 0.3) is 0 Å². The lowest BCUT2D eigenvalue weighted by Crippen LogP contribution is -2.46. The number of carbonyl (C=O) groups is 1. The van der Waals surface area contributed by atoms with Gasteiger partial charge in [0.2, 0.25) is 11.8 Å². The normalized spacial score (nSPS) is 16.7. The number of aryl methyl sites for hydroxylation is 1. The summed E-state index contributed by atoms with van der Waals surface area (Å²) in [7, 11) is 3.55. The summed E-state index contributed by atoms with van der Waals surface area (Å²) < 4.78 is 7.25. The van der Waals surface area contributed by atoms with E-state index in [2.05, 4.69) is 24.3 Å². The highest BCUT2D eigenvalue weighted by Gasteiger charge is 2.24. The number of amides is 1.